The second kappa shape index (κ2) is 4.94. The molecule has 0 radical (unpaired) electrons. The van der Waals surface area contributed by atoms with E-state index in [-0.39, 0.29) is 0 Å². The molecule has 0 aliphatic heterocycles. The van der Waals surface area contributed by atoms with Crippen molar-refractivity contribution in [2.24, 2.45) is 5.73 Å². The molecule has 72 valence electrons. The molecule has 0 aromatic rings. The second-order valence-electron chi connectivity index (χ2n) is 3.36. The van der Waals surface area contributed by atoms with Crippen molar-refractivity contribution in [3.63, 3.8) is 0 Å². The standard InChI is InChI=1S/C8H18N2OS/c1-2-12(11)10-8-5-3-7(9)4-6-8/h7-8,10H,2-6,9H2,1H3. The molecule has 0 heterocycles. The van der Waals surface area contributed by atoms with Gasteiger partial charge in [0.05, 0.1) is 11.0 Å². The third-order valence-electron chi connectivity index (χ3n) is 2.33. The maximum Gasteiger partial charge on any atom is 0.0915 e. The number of nitrogens with two attached hydrogens (primary N) is 1. The summed E-state index contributed by atoms with van der Waals surface area (Å²) in [5.41, 5.74) is 5.76. The molecular weight excluding hydrogens is 172 g/mol. The van der Waals surface area contributed by atoms with E-state index in [9.17, 15) is 4.21 Å². The van der Waals surface area contributed by atoms with Crippen LogP contribution < -0.4 is 10.5 Å². The van der Waals surface area contributed by atoms with Crippen LogP contribution in [-0.4, -0.2) is 22.0 Å². The van der Waals surface area contributed by atoms with Crippen molar-refractivity contribution in [2.45, 2.75) is 44.7 Å². The minimum atomic E-state index is -0.827. The summed E-state index contributed by atoms with van der Waals surface area (Å²) >= 11 is 0. The quantitative estimate of drug-likeness (QED) is 0.682. The molecule has 0 amide bonds. The minimum absolute atomic E-state index is 0.373. The molecule has 0 aromatic carbocycles. The summed E-state index contributed by atoms with van der Waals surface area (Å²) in [6, 6.07) is 0.809. The molecule has 0 saturated heterocycles. The lowest BCUT2D eigenvalue weighted by molar-refractivity contribution is 0.378. The summed E-state index contributed by atoms with van der Waals surface area (Å²) in [5.74, 6) is 0.697. The predicted octanol–water partition coefficient (Wildman–Crippen LogP) is 0.529. The topological polar surface area (TPSA) is 55.1 Å². The Morgan fingerprint density at radius 3 is 2.50 bits per heavy atom. The van der Waals surface area contributed by atoms with Gasteiger partial charge in [0.2, 0.25) is 0 Å². The van der Waals surface area contributed by atoms with Crippen LogP contribution in [0, 0.1) is 0 Å². The largest absolute Gasteiger partial charge is 0.328 e. The maximum absolute atomic E-state index is 11.1. The molecule has 1 unspecified atom stereocenters. The van der Waals surface area contributed by atoms with Gasteiger partial charge in [0.25, 0.3) is 0 Å². The van der Waals surface area contributed by atoms with Crippen molar-refractivity contribution in [1.82, 2.24) is 4.72 Å². The van der Waals surface area contributed by atoms with E-state index >= 15 is 0 Å². The highest BCUT2D eigenvalue weighted by Crippen LogP contribution is 2.16. The van der Waals surface area contributed by atoms with Gasteiger partial charge < -0.3 is 5.73 Å². The summed E-state index contributed by atoms with van der Waals surface area (Å²) in [7, 11) is -0.827. The Kier molecular flexibility index (Phi) is 4.18. The van der Waals surface area contributed by atoms with Gasteiger partial charge in [0, 0.05) is 17.8 Å². The minimum Gasteiger partial charge on any atom is -0.328 e. The van der Waals surface area contributed by atoms with Crippen LogP contribution in [0.3, 0.4) is 0 Å². The van der Waals surface area contributed by atoms with Crippen LogP contribution in [-0.2, 0) is 11.0 Å². The van der Waals surface area contributed by atoms with E-state index in [1.807, 2.05) is 6.92 Å². The van der Waals surface area contributed by atoms with E-state index in [1.54, 1.807) is 0 Å². The summed E-state index contributed by atoms with van der Waals surface area (Å²) < 4.78 is 14.2. The lowest BCUT2D eigenvalue weighted by atomic mass is 9.93. The highest BCUT2D eigenvalue weighted by Gasteiger charge is 2.18. The van der Waals surface area contributed by atoms with E-state index < -0.39 is 11.0 Å². The van der Waals surface area contributed by atoms with Crippen LogP contribution in [0.2, 0.25) is 0 Å². The van der Waals surface area contributed by atoms with E-state index in [2.05, 4.69) is 4.72 Å². The molecule has 1 rings (SSSR count). The zero-order valence-corrected chi connectivity index (χ0v) is 8.40. The van der Waals surface area contributed by atoms with Crippen LogP contribution >= 0.6 is 0 Å². The summed E-state index contributed by atoms with van der Waals surface area (Å²) in [5, 5.41) is 0. The average molecular weight is 190 g/mol. The van der Waals surface area contributed by atoms with Crippen molar-refractivity contribution >= 4 is 11.0 Å². The summed E-state index contributed by atoms with van der Waals surface area (Å²) in [4.78, 5) is 0. The van der Waals surface area contributed by atoms with Crippen LogP contribution in [0.25, 0.3) is 0 Å². The molecule has 1 fully saturated rings. The molecule has 1 aliphatic rings. The first kappa shape index (κ1) is 10.2. The van der Waals surface area contributed by atoms with Crippen LogP contribution in [0.15, 0.2) is 0 Å². The monoisotopic (exact) mass is 190 g/mol. The molecule has 12 heavy (non-hydrogen) atoms. The number of rotatable bonds is 3. The molecule has 0 aromatic heterocycles. The zero-order chi connectivity index (χ0) is 8.97. The van der Waals surface area contributed by atoms with Gasteiger partial charge in [-0.25, -0.2) is 8.93 Å². The highest BCUT2D eigenvalue weighted by atomic mass is 32.2. The van der Waals surface area contributed by atoms with Gasteiger partial charge in [-0.15, -0.1) is 0 Å². The molecule has 4 heteroatoms. The average Bonchev–Trinajstić information content (AvgIpc) is 2.09. The van der Waals surface area contributed by atoms with Gasteiger partial charge >= 0.3 is 0 Å². The van der Waals surface area contributed by atoms with Crippen molar-refractivity contribution in [1.29, 1.82) is 0 Å². The normalized spacial score (nSPS) is 33.2. The fraction of sp³-hybridized carbons (Fsp3) is 1.00. The fourth-order valence-electron chi connectivity index (χ4n) is 1.51. The molecule has 0 bridgehead atoms. The Bertz CT molecular complexity index is 155. The van der Waals surface area contributed by atoms with Crippen molar-refractivity contribution in [3.8, 4) is 0 Å². The summed E-state index contributed by atoms with van der Waals surface area (Å²) in [6.45, 7) is 1.93. The first-order valence-corrected chi connectivity index (χ1v) is 5.94. The number of nitrogens with one attached hydrogen (secondary N) is 1. The Morgan fingerprint density at radius 1 is 1.42 bits per heavy atom. The van der Waals surface area contributed by atoms with E-state index in [0.29, 0.717) is 17.8 Å². The first-order valence-electron chi connectivity index (χ1n) is 4.62. The number of hydrogen-bond donors (Lipinski definition) is 2. The zero-order valence-electron chi connectivity index (χ0n) is 7.58. The maximum atomic E-state index is 11.1. The molecule has 1 aliphatic carbocycles. The van der Waals surface area contributed by atoms with Gasteiger partial charge in [-0.3, -0.25) is 0 Å². The Morgan fingerprint density at radius 2 is 2.00 bits per heavy atom. The molecule has 1 atom stereocenters. The van der Waals surface area contributed by atoms with Gasteiger partial charge in [-0.1, -0.05) is 6.92 Å². The molecule has 3 nitrogen and oxygen atoms in total. The fourth-order valence-corrected chi connectivity index (χ4v) is 2.28. The molecular formula is C8H18N2OS. The van der Waals surface area contributed by atoms with Crippen LogP contribution in [0.1, 0.15) is 32.6 Å². The van der Waals surface area contributed by atoms with E-state index in [0.717, 1.165) is 25.7 Å². The first-order chi connectivity index (χ1) is 5.72. The smallest absolute Gasteiger partial charge is 0.0915 e. The van der Waals surface area contributed by atoms with Gasteiger partial charge in [0.15, 0.2) is 0 Å². The Balaban J connectivity index is 2.21. The Labute approximate surface area is 76.7 Å². The third kappa shape index (κ3) is 3.21. The molecule has 0 spiro atoms. The van der Waals surface area contributed by atoms with Gasteiger partial charge in [-0.05, 0) is 25.7 Å². The van der Waals surface area contributed by atoms with Crippen molar-refractivity contribution < 1.29 is 4.21 Å². The predicted molar refractivity (Wildman–Crippen MR) is 52.1 cm³/mol. The van der Waals surface area contributed by atoms with E-state index in [4.69, 9.17) is 5.73 Å². The Hall–Kier alpha value is 0.0700. The van der Waals surface area contributed by atoms with Gasteiger partial charge in [-0.2, -0.15) is 0 Å². The van der Waals surface area contributed by atoms with Crippen molar-refractivity contribution in [2.75, 3.05) is 5.75 Å². The lowest BCUT2D eigenvalue weighted by Crippen LogP contribution is -2.38. The van der Waals surface area contributed by atoms with Crippen molar-refractivity contribution in [3.05, 3.63) is 0 Å². The third-order valence-corrected chi connectivity index (χ3v) is 3.45. The second-order valence-corrected chi connectivity index (χ2v) is 4.87. The van der Waals surface area contributed by atoms with Crippen LogP contribution in [0.4, 0.5) is 0 Å². The summed E-state index contributed by atoms with van der Waals surface area (Å²) in [6.07, 6.45) is 4.29. The molecule has 3 N–H and O–H groups in total. The SMILES string of the molecule is CCS(=O)NC1CCC(N)CC1. The lowest BCUT2D eigenvalue weighted by Gasteiger charge is -2.26. The van der Waals surface area contributed by atoms with Crippen LogP contribution in [0.5, 0.6) is 0 Å². The highest BCUT2D eigenvalue weighted by molar-refractivity contribution is 7.82. The molecule has 1 saturated carbocycles. The van der Waals surface area contributed by atoms with Gasteiger partial charge in [0.1, 0.15) is 0 Å². The van der Waals surface area contributed by atoms with E-state index in [1.165, 1.54) is 0 Å². The number of hydrogen-bond acceptors (Lipinski definition) is 2.